The van der Waals surface area contributed by atoms with Crippen molar-refractivity contribution >= 4 is 17.3 Å². The summed E-state index contributed by atoms with van der Waals surface area (Å²) in [5.74, 6) is 1.04. The van der Waals surface area contributed by atoms with Gasteiger partial charge in [-0.25, -0.2) is 0 Å². The fourth-order valence-corrected chi connectivity index (χ4v) is 2.57. The number of carbonyl (C=O) groups excluding carboxylic acids is 1. The number of ether oxygens (including phenoxy) is 2. The maximum absolute atomic E-state index is 12.2. The van der Waals surface area contributed by atoms with Gasteiger partial charge < -0.3 is 19.3 Å². The molecule has 1 N–H and O–H groups in total. The van der Waals surface area contributed by atoms with Gasteiger partial charge in [-0.2, -0.15) is 4.98 Å². The average Bonchev–Trinajstić information content (AvgIpc) is 3.13. The minimum absolute atomic E-state index is 0.0125. The van der Waals surface area contributed by atoms with Crippen molar-refractivity contribution in [3.8, 4) is 11.5 Å². The normalized spacial score (nSPS) is 10.4. The second-order valence-corrected chi connectivity index (χ2v) is 6.02. The van der Waals surface area contributed by atoms with E-state index in [1.165, 1.54) is 19.2 Å². The molecule has 0 aliphatic heterocycles. The molecule has 0 atom stereocenters. The van der Waals surface area contributed by atoms with Crippen LogP contribution in [0, 0.1) is 17.0 Å². The van der Waals surface area contributed by atoms with Gasteiger partial charge in [0.25, 0.3) is 11.6 Å². The van der Waals surface area contributed by atoms with Crippen molar-refractivity contribution in [3.63, 3.8) is 0 Å². The molecule has 1 amide bonds. The molecule has 0 spiro atoms. The molecule has 0 radical (unpaired) electrons. The summed E-state index contributed by atoms with van der Waals surface area (Å²) in [5.41, 5.74) is 1.03. The van der Waals surface area contributed by atoms with E-state index < -0.39 is 4.92 Å². The Bertz CT molecular complexity index is 1030. The summed E-state index contributed by atoms with van der Waals surface area (Å²) in [6, 6.07) is 11.4. The number of nitrogens with one attached hydrogen (secondary N) is 1. The topological polar surface area (TPSA) is 130 Å². The number of anilines is 1. The first kappa shape index (κ1) is 19.8. The zero-order valence-corrected chi connectivity index (χ0v) is 15.7. The number of methoxy groups -OCH3 is 1. The van der Waals surface area contributed by atoms with Gasteiger partial charge in [0.2, 0.25) is 5.91 Å². The maximum atomic E-state index is 12.2. The van der Waals surface area contributed by atoms with E-state index in [4.69, 9.17) is 14.0 Å². The van der Waals surface area contributed by atoms with Gasteiger partial charge in [0.05, 0.1) is 24.1 Å². The van der Waals surface area contributed by atoms with Crippen LogP contribution in [0.1, 0.15) is 17.3 Å². The van der Waals surface area contributed by atoms with Crippen molar-refractivity contribution in [2.24, 2.45) is 0 Å². The Morgan fingerprint density at radius 3 is 2.79 bits per heavy atom. The molecule has 2 aromatic carbocycles. The number of hydrogen-bond acceptors (Lipinski definition) is 8. The lowest BCUT2D eigenvalue weighted by molar-refractivity contribution is -0.385. The number of nitrogens with zero attached hydrogens (tertiary/aromatic N) is 3. The van der Waals surface area contributed by atoms with Crippen LogP contribution in [0.25, 0.3) is 0 Å². The third kappa shape index (κ3) is 5.06. The average molecular weight is 398 g/mol. The van der Waals surface area contributed by atoms with Gasteiger partial charge in [0, 0.05) is 11.6 Å². The summed E-state index contributed by atoms with van der Waals surface area (Å²) in [6.45, 7) is 1.59. The first-order valence-corrected chi connectivity index (χ1v) is 8.58. The van der Waals surface area contributed by atoms with E-state index >= 15 is 0 Å². The number of amides is 1. The summed E-state index contributed by atoms with van der Waals surface area (Å²) < 4.78 is 15.8. The highest BCUT2D eigenvalue weighted by molar-refractivity contribution is 5.93. The smallest absolute Gasteiger partial charge is 0.272 e. The number of nitro benzene ring substituents is 1. The fraction of sp³-hybridized carbons (Fsp3) is 0.211. The molecule has 0 saturated heterocycles. The van der Waals surface area contributed by atoms with Crippen LogP contribution in [0.4, 0.5) is 11.4 Å². The predicted molar refractivity (Wildman–Crippen MR) is 102 cm³/mol. The fourth-order valence-electron chi connectivity index (χ4n) is 2.57. The highest BCUT2D eigenvalue weighted by atomic mass is 16.6. The standard InChI is InChI=1S/C19H18N4O6/c1-12-9-13(7-8-15(12)23(25)26)28-11-19-21-17(22-29-19)10-18(24)20-14-5-3-4-6-16(14)27-2/h3-9H,10-11H2,1-2H3,(H,20,24). The first-order valence-electron chi connectivity index (χ1n) is 8.58. The molecule has 3 rings (SSSR count). The highest BCUT2D eigenvalue weighted by Crippen LogP contribution is 2.24. The summed E-state index contributed by atoms with van der Waals surface area (Å²) in [6.07, 6.45) is -0.0851. The Morgan fingerprint density at radius 2 is 2.07 bits per heavy atom. The predicted octanol–water partition coefficient (Wildman–Crippen LogP) is 3.06. The number of rotatable bonds is 8. The SMILES string of the molecule is COc1ccccc1NC(=O)Cc1noc(COc2ccc([N+](=O)[O-])c(C)c2)n1. The first-order chi connectivity index (χ1) is 14.0. The number of carbonyl (C=O) groups is 1. The lowest BCUT2D eigenvalue weighted by Gasteiger charge is -2.08. The van der Waals surface area contributed by atoms with Crippen LogP contribution < -0.4 is 14.8 Å². The Morgan fingerprint density at radius 1 is 1.28 bits per heavy atom. The quantitative estimate of drug-likeness (QED) is 0.453. The molecular formula is C19H18N4O6. The van der Waals surface area contributed by atoms with Gasteiger partial charge in [0.15, 0.2) is 12.4 Å². The molecule has 10 heteroatoms. The zero-order chi connectivity index (χ0) is 20.8. The Kier molecular flexibility index (Phi) is 6.03. The molecule has 0 unspecified atom stereocenters. The Labute approximate surface area is 165 Å². The van der Waals surface area contributed by atoms with E-state index in [2.05, 4.69) is 15.5 Å². The van der Waals surface area contributed by atoms with E-state index in [-0.39, 0.29) is 36.3 Å². The van der Waals surface area contributed by atoms with Crippen molar-refractivity contribution in [2.45, 2.75) is 20.0 Å². The van der Waals surface area contributed by atoms with Crippen LogP contribution in [-0.2, 0) is 17.8 Å². The number of benzene rings is 2. The minimum atomic E-state index is -0.459. The third-order valence-corrected chi connectivity index (χ3v) is 3.94. The van der Waals surface area contributed by atoms with E-state index in [1.54, 1.807) is 37.3 Å². The van der Waals surface area contributed by atoms with E-state index in [0.29, 0.717) is 22.7 Å². The van der Waals surface area contributed by atoms with Crippen molar-refractivity contribution in [2.75, 3.05) is 12.4 Å². The largest absolute Gasteiger partial charge is 0.495 e. The van der Waals surface area contributed by atoms with Crippen LogP contribution in [0.5, 0.6) is 11.5 Å². The molecule has 29 heavy (non-hydrogen) atoms. The molecule has 3 aromatic rings. The Hall–Kier alpha value is -3.95. The second kappa shape index (κ2) is 8.83. The van der Waals surface area contributed by atoms with Crippen LogP contribution in [-0.4, -0.2) is 28.1 Å². The Balaban J connectivity index is 1.56. The lowest BCUT2D eigenvalue weighted by atomic mass is 10.2. The van der Waals surface area contributed by atoms with E-state index in [1.807, 2.05) is 0 Å². The number of aromatic nitrogens is 2. The molecule has 1 aromatic heterocycles. The molecule has 0 aliphatic carbocycles. The second-order valence-electron chi connectivity index (χ2n) is 6.02. The monoisotopic (exact) mass is 398 g/mol. The highest BCUT2D eigenvalue weighted by Gasteiger charge is 2.14. The molecular weight excluding hydrogens is 380 g/mol. The zero-order valence-electron chi connectivity index (χ0n) is 15.7. The maximum Gasteiger partial charge on any atom is 0.272 e. The summed E-state index contributed by atoms with van der Waals surface area (Å²) in [5, 5.41) is 17.3. The summed E-state index contributed by atoms with van der Waals surface area (Å²) in [7, 11) is 1.52. The van der Waals surface area contributed by atoms with Crippen LogP contribution >= 0.6 is 0 Å². The number of hydrogen-bond donors (Lipinski definition) is 1. The molecule has 0 saturated carbocycles. The van der Waals surface area contributed by atoms with Crippen LogP contribution in [0.2, 0.25) is 0 Å². The van der Waals surface area contributed by atoms with E-state index in [9.17, 15) is 14.9 Å². The molecule has 10 nitrogen and oxygen atoms in total. The molecule has 1 heterocycles. The van der Waals surface area contributed by atoms with Gasteiger partial charge in [-0.05, 0) is 31.2 Å². The number of aryl methyl sites for hydroxylation is 1. The summed E-state index contributed by atoms with van der Waals surface area (Å²) >= 11 is 0. The van der Waals surface area contributed by atoms with Gasteiger partial charge >= 0.3 is 0 Å². The lowest BCUT2D eigenvalue weighted by Crippen LogP contribution is -2.15. The number of nitro groups is 1. The molecule has 0 aliphatic rings. The van der Waals surface area contributed by atoms with Crippen molar-refractivity contribution in [1.82, 2.24) is 10.1 Å². The van der Waals surface area contributed by atoms with Gasteiger partial charge in [0.1, 0.15) is 11.5 Å². The van der Waals surface area contributed by atoms with Gasteiger partial charge in [-0.1, -0.05) is 17.3 Å². The molecule has 0 bridgehead atoms. The van der Waals surface area contributed by atoms with E-state index in [0.717, 1.165) is 0 Å². The van der Waals surface area contributed by atoms with Crippen LogP contribution in [0.15, 0.2) is 47.0 Å². The van der Waals surface area contributed by atoms with Gasteiger partial charge in [-0.15, -0.1) is 0 Å². The van der Waals surface area contributed by atoms with Crippen molar-refractivity contribution in [3.05, 3.63) is 69.9 Å². The minimum Gasteiger partial charge on any atom is -0.495 e. The van der Waals surface area contributed by atoms with Crippen LogP contribution in [0.3, 0.4) is 0 Å². The number of para-hydroxylation sites is 2. The van der Waals surface area contributed by atoms with Crippen molar-refractivity contribution in [1.29, 1.82) is 0 Å². The summed E-state index contributed by atoms with van der Waals surface area (Å²) in [4.78, 5) is 26.7. The molecule has 0 fully saturated rings. The third-order valence-electron chi connectivity index (χ3n) is 3.94. The molecule has 150 valence electrons. The van der Waals surface area contributed by atoms with Crippen molar-refractivity contribution < 1.29 is 23.7 Å². The van der Waals surface area contributed by atoms with Gasteiger partial charge in [-0.3, -0.25) is 14.9 Å².